The van der Waals surface area contributed by atoms with Gasteiger partial charge in [-0.15, -0.1) is 11.3 Å². The maximum absolute atomic E-state index is 9.50. The van der Waals surface area contributed by atoms with E-state index in [2.05, 4.69) is 32.3 Å². The van der Waals surface area contributed by atoms with Crippen molar-refractivity contribution in [3.63, 3.8) is 0 Å². The number of ether oxygens (including phenoxy) is 2. The van der Waals surface area contributed by atoms with Crippen LogP contribution in [0.4, 0.5) is 5.69 Å². The van der Waals surface area contributed by atoms with Gasteiger partial charge >= 0.3 is 0 Å². The third kappa shape index (κ3) is 4.48. The Bertz CT molecular complexity index is 1010. The van der Waals surface area contributed by atoms with E-state index in [1.165, 1.54) is 11.3 Å². The summed E-state index contributed by atoms with van der Waals surface area (Å²) in [7, 11) is 3.19. The second kappa shape index (κ2) is 8.71. The third-order valence-corrected chi connectivity index (χ3v) is 5.17. The van der Waals surface area contributed by atoms with E-state index in [0.29, 0.717) is 22.1 Å². The maximum Gasteiger partial charge on any atom is 0.161 e. The van der Waals surface area contributed by atoms with E-state index in [1.54, 1.807) is 20.4 Å². The first-order valence-corrected chi connectivity index (χ1v) is 9.62. The normalized spacial score (nSPS) is 11.0. The predicted octanol–water partition coefficient (Wildman–Crippen LogP) is 5.57. The Hall–Kier alpha value is -2.82. The second-order valence-electron chi connectivity index (χ2n) is 5.43. The zero-order valence-electron chi connectivity index (χ0n) is 14.7. The molecule has 0 aliphatic carbocycles. The van der Waals surface area contributed by atoms with Crippen LogP contribution in [0.15, 0.2) is 58.5 Å². The molecule has 0 bridgehead atoms. The summed E-state index contributed by atoms with van der Waals surface area (Å²) < 4.78 is 11.6. The Kier molecular flexibility index (Phi) is 6.12. The first-order valence-electron chi connectivity index (χ1n) is 7.95. The summed E-state index contributed by atoms with van der Waals surface area (Å²) >= 11 is 4.82. The van der Waals surface area contributed by atoms with Crippen LogP contribution in [-0.2, 0) is 0 Å². The minimum Gasteiger partial charge on any atom is -0.493 e. The van der Waals surface area contributed by atoms with Crippen molar-refractivity contribution in [3.05, 3.63) is 63.5 Å². The highest BCUT2D eigenvalue weighted by atomic mass is 79.9. The molecule has 5 nitrogen and oxygen atoms in total. The molecule has 0 saturated heterocycles. The Morgan fingerprint density at radius 1 is 1.15 bits per heavy atom. The lowest BCUT2D eigenvalue weighted by Crippen LogP contribution is -1.92. The minimum atomic E-state index is 0.467. The Labute approximate surface area is 170 Å². The number of aromatic nitrogens is 1. The van der Waals surface area contributed by atoms with E-state index in [0.717, 1.165) is 21.4 Å². The van der Waals surface area contributed by atoms with Gasteiger partial charge in [-0.05, 0) is 42.5 Å². The molecule has 1 heterocycles. The molecule has 0 amide bonds. The summed E-state index contributed by atoms with van der Waals surface area (Å²) in [5.74, 6) is 1.30. The number of anilines is 1. The van der Waals surface area contributed by atoms with Crippen molar-refractivity contribution in [3.8, 4) is 28.8 Å². The van der Waals surface area contributed by atoms with Crippen molar-refractivity contribution in [2.24, 2.45) is 0 Å². The molecule has 0 radical (unpaired) electrons. The molecule has 0 spiro atoms. The summed E-state index contributed by atoms with van der Waals surface area (Å²) in [6.07, 6.45) is 1.67. The zero-order chi connectivity index (χ0) is 19.2. The predicted molar refractivity (Wildman–Crippen MR) is 112 cm³/mol. The van der Waals surface area contributed by atoms with Crippen molar-refractivity contribution >= 4 is 38.5 Å². The van der Waals surface area contributed by atoms with Gasteiger partial charge in [0.2, 0.25) is 0 Å². The number of rotatable bonds is 6. The van der Waals surface area contributed by atoms with Gasteiger partial charge in [0.15, 0.2) is 11.5 Å². The van der Waals surface area contributed by atoms with E-state index in [9.17, 15) is 5.26 Å². The maximum atomic E-state index is 9.50. The Morgan fingerprint density at radius 2 is 1.89 bits per heavy atom. The molecule has 0 saturated carbocycles. The number of nitrogens with zero attached hydrogens (tertiary/aromatic N) is 2. The van der Waals surface area contributed by atoms with Crippen molar-refractivity contribution in [1.82, 2.24) is 4.98 Å². The minimum absolute atomic E-state index is 0.467. The molecule has 3 rings (SSSR count). The fourth-order valence-electron chi connectivity index (χ4n) is 2.37. The molecule has 0 fully saturated rings. The molecule has 0 aliphatic rings. The number of nitrogens with one attached hydrogen (secondary N) is 1. The summed E-state index contributed by atoms with van der Waals surface area (Å²) in [5.41, 5.74) is 3.03. The highest BCUT2D eigenvalue weighted by molar-refractivity contribution is 9.10. The summed E-state index contributed by atoms with van der Waals surface area (Å²) in [5, 5.41) is 15.2. The lowest BCUT2D eigenvalue weighted by atomic mass is 10.1. The molecule has 7 heteroatoms. The van der Waals surface area contributed by atoms with Gasteiger partial charge in [-0.1, -0.05) is 15.9 Å². The first kappa shape index (κ1) is 19.0. The van der Waals surface area contributed by atoms with Gasteiger partial charge < -0.3 is 14.8 Å². The molecule has 0 atom stereocenters. The van der Waals surface area contributed by atoms with Gasteiger partial charge in [-0.3, -0.25) is 0 Å². The molecular weight excluding hydrogens is 426 g/mol. The number of methoxy groups -OCH3 is 2. The molecule has 1 N–H and O–H groups in total. The number of hydrogen-bond donors (Lipinski definition) is 1. The molecule has 136 valence electrons. The van der Waals surface area contributed by atoms with E-state index >= 15 is 0 Å². The fourth-order valence-corrected chi connectivity index (χ4v) is 3.43. The standard InChI is InChI=1S/C20H16BrN3O2S/c1-25-18-8-3-13(9-19(18)26-2)17-12-27-20(24-17)14(10-22)11-23-16-6-4-15(21)5-7-16/h3-9,11-12,23H,1-2H3/b14-11+. The van der Waals surface area contributed by atoms with Gasteiger partial charge in [0.25, 0.3) is 0 Å². The van der Waals surface area contributed by atoms with Crippen LogP contribution >= 0.6 is 27.3 Å². The van der Waals surface area contributed by atoms with Gasteiger partial charge in [0, 0.05) is 27.3 Å². The molecule has 3 aromatic rings. The quantitative estimate of drug-likeness (QED) is 0.506. The number of allylic oxidation sites excluding steroid dienone is 1. The number of thiazole rings is 1. The zero-order valence-corrected chi connectivity index (χ0v) is 17.1. The Morgan fingerprint density at radius 3 is 2.56 bits per heavy atom. The molecule has 1 aromatic heterocycles. The molecular formula is C20H16BrN3O2S. The van der Waals surface area contributed by atoms with Crippen LogP contribution in [0, 0.1) is 11.3 Å². The monoisotopic (exact) mass is 441 g/mol. The largest absolute Gasteiger partial charge is 0.493 e. The van der Waals surface area contributed by atoms with Crippen molar-refractivity contribution in [1.29, 1.82) is 5.26 Å². The number of hydrogen-bond acceptors (Lipinski definition) is 6. The van der Waals surface area contributed by atoms with Crippen LogP contribution in [-0.4, -0.2) is 19.2 Å². The van der Waals surface area contributed by atoms with Crippen molar-refractivity contribution in [2.45, 2.75) is 0 Å². The summed E-state index contributed by atoms with van der Waals surface area (Å²) in [6, 6.07) is 15.5. The van der Waals surface area contributed by atoms with Crippen molar-refractivity contribution in [2.75, 3.05) is 19.5 Å². The van der Waals surface area contributed by atoms with E-state index < -0.39 is 0 Å². The lowest BCUT2D eigenvalue weighted by Gasteiger charge is -2.08. The average molecular weight is 442 g/mol. The fraction of sp³-hybridized carbons (Fsp3) is 0.100. The number of nitriles is 1. The van der Waals surface area contributed by atoms with Crippen LogP contribution in [0.3, 0.4) is 0 Å². The molecule has 0 aliphatic heterocycles. The smallest absolute Gasteiger partial charge is 0.161 e. The van der Waals surface area contributed by atoms with Crippen LogP contribution in [0.5, 0.6) is 11.5 Å². The van der Waals surface area contributed by atoms with Gasteiger partial charge in [-0.25, -0.2) is 4.98 Å². The highest BCUT2D eigenvalue weighted by Crippen LogP contribution is 2.33. The Balaban J connectivity index is 1.84. The van der Waals surface area contributed by atoms with Crippen molar-refractivity contribution < 1.29 is 9.47 Å². The third-order valence-electron chi connectivity index (χ3n) is 3.76. The van der Waals surface area contributed by atoms with Gasteiger partial charge in [0.05, 0.1) is 19.9 Å². The number of halogens is 1. The van der Waals surface area contributed by atoms with Gasteiger partial charge in [-0.2, -0.15) is 5.26 Å². The highest BCUT2D eigenvalue weighted by Gasteiger charge is 2.11. The van der Waals surface area contributed by atoms with Gasteiger partial charge in [0.1, 0.15) is 16.6 Å². The van der Waals surface area contributed by atoms with Crippen LogP contribution < -0.4 is 14.8 Å². The molecule has 0 unspecified atom stereocenters. The van der Waals surface area contributed by atoms with Crippen LogP contribution in [0.1, 0.15) is 5.01 Å². The first-order chi connectivity index (χ1) is 13.1. The summed E-state index contributed by atoms with van der Waals surface area (Å²) in [4.78, 5) is 4.59. The summed E-state index contributed by atoms with van der Waals surface area (Å²) in [6.45, 7) is 0. The number of benzene rings is 2. The molecule has 2 aromatic carbocycles. The topological polar surface area (TPSA) is 67.2 Å². The molecule has 27 heavy (non-hydrogen) atoms. The van der Waals surface area contributed by atoms with E-state index in [-0.39, 0.29) is 0 Å². The second-order valence-corrected chi connectivity index (χ2v) is 7.20. The lowest BCUT2D eigenvalue weighted by molar-refractivity contribution is 0.355. The van der Waals surface area contributed by atoms with Crippen LogP contribution in [0.25, 0.3) is 16.8 Å². The average Bonchev–Trinajstić information content (AvgIpc) is 3.19. The van der Waals surface area contributed by atoms with Crippen LogP contribution in [0.2, 0.25) is 0 Å². The SMILES string of the molecule is COc1ccc(-c2csc(/C(C#N)=C/Nc3ccc(Br)cc3)n2)cc1OC. The van der Waals surface area contributed by atoms with E-state index in [1.807, 2.05) is 47.8 Å². The van der Waals surface area contributed by atoms with E-state index in [4.69, 9.17) is 9.47 Å².